The van der Waals surface area contributed by atoms with E-state index in [1.54, 1.807) is 30.3 Å². The maximum absolute atomic E-state index is 13.6. The Labute approximate surface area is 135 Å². The van der Waals surface area contributed by atoms with Gasteiger partial charge in [0.2, 0.25) is 0 Å². The van der Waals surface area contributed by atoms with Crippen molar-refractivity contribution in [2.45, 2.75) is 25.5 Å². The first-order valence-corrected chi connectivity index (χ1v) is 7.18. The van der Waals surface area contributed by atoms with Gasteiger partial charge in [0.05, 0.1) is 11.7 Å². The Morgan fingerprint density at radius 1 is 1.08 bits per heavy atom. The van der Waals surface area contributed by atoms with Crippen molar-refractivity contribution < 1.29 is 27.5 Å². The normalized spacial score (nSPS) is 13.4. The molecule has 2 aromatic carbocycles. The zero-order valence-electron chi connectivity index (χ0n) is 12.7. The summed E-state index contributed by atoms with van der Waals surface area (Å²) < 4.78 is 52.8. The number of carbonyl (C=O) groups excluding carboxylic acids is 1. The molecule has 2 aromatic rings. The number of benzene rings is 2. The van der Waals surface area contributed by atoms with E-state index < -0.39 is 46.9 Å². The lowest BCUT2D eigenvalue weighted by Gasteiger charge is -2.18. The van der Waals surface area contributed by atoms with Crippen LogP contribution in [0.1, 0.15) is 35.4 Å². The van der Waals surface area contributed by atoms with Crippen molar-refractivity contribution in [3.05, 3.63) is 70.8 Å². The maximum Gasteiger partial charge on any atom is 0.254 e. The van der Waals surface area contributed by atoms with Crippen molar-refractivity contribution in [2.75, 3.05) is 0 Å². The van der Waals surface area contributed by atoms with Crippen molar-refractivity contribution >= 4 is 5.91 Å². The average molecular weight is 341 g/mol. The average Bonchev–Trinajstić information content (AvgIpc) is 2.56. The van der Waals surface area contributed by atoms with Gasteiger partial charge in [-0.2, -0.15) is 0 Å². The summed E-state index contributed by atoms with van der Waals surface area (Å²) in [6.07, 6.45) is -0.781. The van der Waals surface area contributed by atoms with Gasteiger partial charge in [-0.25, -0.2) is 17.6 Å². The predicted octanol–water partition coefficient (Wildman–Crippen LogP) is 3.49. The van der Waals surface area contributed by atoms with Crippen LogP contribution in [-0.2, 0) is 0 Å². The molecule has 0 heterocycles. The monoisotopic (exact) mass is 341 g/mol. The molecule has 2 unspecified atom stereocenters. The molecule has 24 heavy (non-hydrogen) atoms. The van der Waals surface area contributed by atoms with Crippen molar-refractivity contribution in [1.29, 1.82) is 0 Å². The molecule has 0 spiro atoms. The van der Waals surface area contributed by atoms with Crippen molar-refractivity contribution in [2.24, 2.45) is 0 Å². The highest BCUT2D eigenvalue weighted by molar-refractivity contribution is 5.94. The van der Waals surface area contributed by atoms with Gasteiger partial charge >= 0.3 is 0 Å². The lowest BCUT2D eigenvalue weighted by atomic mass is 10.0. The lowest BCUT2D eigenvalue weighted by molar-refractivity contribution is 0.0911. The maximum atomic E-state index is 13.6. The molecule has 2 rings (SSSR count). The largest absolute Gasteiger partial charge is 0.388 e. The minimum atomic E-state index is -2.04. The predicted molar refractivity (Wildman–Crippen MR) is 79.2 cm³/mol. The van der Waals surface area contributed by atoms with Crippen LogP contribution in [0, 0.1) is 23.3 Å². The standard InChI is InChI=1S/C17H15F4NO2/c1-9(7-13(23)10-5-3-2-4-6-10)22-17(24)11-8-12(18)15(20)16(21)14(11)19/h2-6,8-9,13,23H,7H2,1H3,(H,22,24). The highest BCUT2D eigenvalue weighted by atomic mass is 19.2. The summed E-state index contributed by atoms with van der Waals surface area (Å²) in [4.78, 5) is 11.9. The first-order valence-electron chi connectivity index (χ1n) is 7.18. The number of nitrogens with one attached hydrogen (secondary N) is 1. The molecule has 7 heteroatoms. The summed E-state index contributed by atoms with van der Waals surface area (Å²) in [6.45, 7) is 1.54. The van der Waals surface area contributed by atoms with Crippen LogP contribution in [-0.4, -0.2) is 17.1 Å². The summed E-state index contributed by atoms with van der Waals surface area (Å²) in [7, 11) is 0. The van der Waals surface area contributed by atoms with Crippen LogP contribution in [0.5, 0.6) is 0 Å². The first-order chi connectivity index (χ1) is 11.3. The molecule has 2 atom stereocenters. The van der Waals surface area contributed by atoms with E-state index in [9.17, 15) is 27.5 Å². The molecular weight excluding hydrogens is 326 g/mol. The van der Waals surface area contributed by atoms with Gasteiger partial charge in [0.25, 0.3) is 5.91 Å². The first kappa shape index (κ1) is 17.9. The Hall–Kier alpha value is -2.41. The van der Waals surface area contributed by atoms with E-state index in [0.29, 0.717) is 11.6 Å². The summed E-state index contributed by atoms with van der Waals surface area (Å²) >= 11 is 0. The molecule has 0 radical (unpaired) electrons. The van der Waals surface area contributed by atoms with Crippen molar-refractivity contribution in [3.63, 3.8) is 0 Å². The van der Waals surface area contributed by atoms with E-state index in [2.05, 4.69) is 5.32 Å². The highest BCUT2D eigenvalue weighted by Crippen LogP contribution is 2.20. The van der Waals surface area contributed by atoms with Crippen LogP contribution in [0.25, 0.3) is 0 Å². The van der Waals surface area contributed by atoms with E-state index >= 15 is 0 Å². The molecule has 0 saturated heterocycles. The Morgan fingerprint density at radius 2 is 1.71 bits per heavy atom. The SMILES string of the molecule is CC(CC(O)c1ccccc1)NC(=O)c1cc(F)c(F)c(F)c1F. The zero-order valence-corrected chi connectivity index (χ0v) is 12.7. The second kappa shape index (κ2) is 7.44. The van der Waals surface area contributed by atoms with E-state index in [1.165, 1.54) is 6.92 Å². The molecule has 0 fully saturated rings. The minimum absolute atomic E-state index is 0.101. The van der Waals surface area contributed by atoms with Gasteiger partial charge in [-0.15, -0.1) is 0 Å². The summed E-state index contributed by atoms with van der Waals surface area (Å²) in [5, 5.41) is 12.4. The van der Waals surface area contributed by atoms with Crippen LogP contribution >= 0.6 is 0 Å². The molecule has 1 amide bonds. The van der Waals surface area contributed by atoms with Gasteiger partial charge in [0, 0.05) is 6.04 Å². The van der Waals surface area contributed by atoms with Crippen LogP contribution in [0.4, 0.5) is 17.6 Å². The second-order valence-electron chi connectivity index (χ2n) is 5.38. The topological polar surface area (TPSA) is 49.3 Å². The van der Waals surface area contributed by atoms with Crippen LogP contribution < -0.4 is 5.32 Å². The third-order valence-corrected chi connectivity index (χ3v) is 3.49. The van der Waals surface area contributed by atoms with Crippen LogP contribution in [0.15, 0.2) is 36.4 Å². The molecule has 0 aliphatic rings. The van der Waals surface area contributed by atoms with E-state index in [1.807, 2.05) is 0 Å². The molecule has 0 aromatic heterocycles. The smallest absolute Gasteiger partial charge is 0.254 e. The Balaban J connectivity index is 2.07. The number of hydrogen-bond acceptors (Lipinski definition) is 2. The van der Waals surface area contributed by atoms with Gasteiger partial charge in [0.1, 0.15) is 0 Å². The molecule has 0 aliphatic carbocycles. The van der Waals surface area contributed by atoms with Gasteiger partial charge in [-0.3, -0.25) is 4.79 Å². The Morgan fingerprint density at radius 3 is 2.33 bits per heavy atom. The van der Waals surface area contributed by atoms with Crippen LogP contribution in [0.3, 0.4) is 0 Å². The Bertz CT molecular complexity index is 737. The van der Waals surface area contributed by atoms with Crippen molar-refractivity contribution in [1.82, 2.24) is 5.32 Å². The fourth-order valence-electron chi connectivity index (χ4n) is 2.24. The van der Waals surface area contributed by atoms with Gasteiger partial charge in [-0.05, 0) is 25.0 Å². The van der Waals surface area contributed by atoms with Gasteiger partial charge in [-0.1, -0.05) is 30.3 Å². The number of carbonyl (C=O) groups is 1. The van der Waals surface area contributed by atoms with E-state index in [4.69, 9.17) is 0 Å². The number of amides is 1. The lowest BCUT2D eigenvalue weighted by Crippen LogP contribution is -2.34. The van der Waals surface area contributed by atoms with E-state index in [0.717, 1.165) is 0 Å². The quantitative estimate of drug-likeness (QED) is 0.497. The number of aliphatic hydroxyl groups is 1. The highest BCUT2D eigenvalue weighted by Gasteiger charge is 2.24. The molecule has 128 valence electrons. The third kappa shape index (κ3) is 3.91. The second-order valence-corrected chi connectivity index (χ2v) is 5.38. The molecular formula is C17H15F4NO2. The third-order valence-electron chi connectivity index (χ3n) is 3.49. The fraction of sp³-hybridized carbons (Fsp3) is 0.235. The summed E-state index contributed by atoms with van der Waals surface area (Å²) in [6, 6.07) is 8.32. The Kier molecular flexibility index (Phi) is 5.56. The van der Waals surface area contributed by atoms with Gasteiger partial charge < -0.3 is 10.4 Å². The fourth-order valence-corrected chi connectivity index (χ4v) is 2.24. The number of hydrogen-bond donors (Lipinski definition) is 2. The minimum Gasteiger partial charge on any atom is -0.388 e. The molecule has 0 aliphatic heterocycles. The molecule has 0 saturated carbocycles. The number of halogens is 4. The van der Waals surface area contributed by atoms with Crippen LogP contribution in [0.2, 0.25) is 0 Å². The number of aliphatic hydroxyl groups excluding tert-OH is 1. The molecule has 0 bridgehead atoms. The summed E-state index contributed by atoms with van der Waals surface area (Å²) in [5.41, 5.74) is -0.309. The molecule has 2 N–H and O–H groups in total. The summed E-state index contributed by atoms with van der Waals surface area (Å²) in [5.74, 6) is -8.54. The molecule has 3 nitrogen and oxygen atoms in total. The van der Waals surface area contributed by atoms with Gasteiger partial charge in [0.15, 0.2) is 23.3 Å². The zero-order chi connectivity index (χ0) is 17.9. The van der Waals surface area contributed by atoms with E-state index in [-0.39, 0.29) is 6.42 Å². The number of rotatable bonds is 5. The van der Waals surface area contributed by atoms with Crippen molar-refractivity contribution in [3.8, 4) is 0 Å².